The molecular formula is C14H23N3O2S2. The summed E-state index contributed by atoms with van der Waals surface area (Å²) in [5.74, 6) is 2.80. The third-order valence-corrected chi connectivity index (χ3v) is 7.73. The average Bonchev–Trinajstić information content (AvgIpc) is 2.99. The van der Waals surface area contributed by atoms with Gasteiger partial charge in [-0.2, -0.15) is 16.7 Å². The summed E-state index contributed by atoms with van der Waals surface area (Å²) >= 11 is 3.96. The zero-order valence-corrected chi connectivity index (χ0v) is 14.4. The van der Waals surface area contributed by atoms with Crippen LogP contribution < -0.4 is 5.32 Å². The molecule has 1 aromatic heterocycles. The van der Waals surface area contributed by atoms with Crippen molar-refractivity contribution in [1.82, 2.24) is 15.5 Å². The second-order valence-electron chi connectivity index (χ2n) is 5.72. The van der Waals surface area contributed by atoms with Crippen LogP contribution in [-0.4, -0.2) is 52.7 Å². The molecule has 118 valence electrons. The largest absolute Gasteiger partial charge is 0.381 e. The maximum Gasteiger partial charge on any atom is 0.233 e. The Morgan fingerprint density at radius 3 is 2.90 bits per heavy atom. The van der Waals surface area contributed by atoms with Gasteiger partial charge in [-0.05, 0) is 13.5 Å². The summed E-state index contributed by atoms with van der Waals surface area (Å²) in [6, 6.07) is 0.361. The number of thioether (sulfide) groups is 2. The molecule has 5 nitrogen and oxygen atoms in total. The van der Waals surface area contributed by atoms with Gasteiger partial charge in [-0.15, -0.1) is 11.8 Å². The summed E-state index contributed by atoms with van der Waals surface area (Å²) in [5, 5.41) is 9.24. The summed E-state index contributed by atoms with van der Waals surface area (Å²) in [6.45, 7) is 6.03. The third kappa shape index (κ3) is 3.41. The predicted octanol–water partition coefficient (Wildman–Crippen LogP) is 2.46. The van der Waals surface area contributed by atoms with E-state index >= 15 is 0 Å². The van der Waals surface area contributed by atoms with Gasteiger partial charge < -0.3 is 14.6 Å². The minimum atomic E-state index is 0.169. The molecule has 2 fully saturated rings. The lowest BCUT2D eigenvalue weighted by molar-refractivity contribution is 0.0516. The number of nitrogens with zero attached hydrogens (tertiary/aromatic N) is 2. The van der Waals surface area contributed by atoms with E-state index in [-0.39, 0.29) is 5.92 Å². The van der Waals surface area contributed by atoms with Crippen LogP contribution >= 0.6 is 23.5 Å². The minimum absolute atomic E-state index is 0.169. The van der Waals surface area contributed by atoms with Crippen LogP contribution in [-0.2, 0) is 4.74 Å². The molecule has 0 bridgehead atoms. The number of hydrogen-bond acceptors (Lipinski definition) is 7. The van der Waals surface area contributed by atoms with Crippen LogP contribution in [0.5, 0.6) is 0 Å². The topological polar surface area (TPSA) is 60.2 Å². The molecular weight excluding hydrogens is 306 g/mol. The van der Waals surface area contributed by atoms with E-state index in [0.29, 0.717) is 28.4 Å². The smallest absolute Gasteiger partial charge is 0.233 e. The molecule has 0 radical (unpaired) electrons. The van der Waals surface area contributed by atoms with Gasteiger partial charge in [-0.25, -0.2) is 0 Å². The summed E-state index contributed by atoms with van der Waals surface area (Å²) < 4.78 is 11.1. The Bertz CT molecular complexity index is 471. The average molecular weight is 329 g/mol. The fourth-order valence-corrected chi connectivity index (χ4v) is 5.61. The van der Waals surface area contributed by atoms with E-state index < -0.39 is 0 Å². The second-order valence-corrected chi connectivity index (χ2v) is 8.72. The fraction of sp³-hybridized carbons (Fsp3) is 0.857. The molecule has 7 heteroatoms. The summed E-state index contributed by atoms with van der Waals surface area (Å²) in [6.07, 6.45) is 0.988. The quantitative estimate of drug-likeness (QED) is 0.914. The Morgan fingerprint density at radius 1 is 1.29 bits per heavy atom. The monoisotopic (exact) mass is 329 g/mol. The Kier molecular flexibility index (Phi) is 5.14. The van der Waals surface area contributed by atoms with Crippen molar-refractivity contribution in [2.75, 3.05) is 26.0 Å². The Morgan fingerprint density at radius 2 is 2.14 bits per heavy atom. The Balaban J connectivity index is 1.71. The van der Waals surface area contributed by atoms with Crippen molar-refractivity contribution in [2.24, 2.45) is 0 Å². The predicted molar refractivity (Wildman–Crippen MR) is 87.0 cm³/mol. The van der Waals surface area contributed by atoms with E-state index in [1.165, 1.54) is 0 Å². The van der Waals surface area contributed by atoms with Crippen LogP contribution in [0.15, 0.2) is 4.52 Å². The van der Waals surface area contributed by atoms with Gasteiger partial charge in [0.2, 0.25) is 5.89 Å². The van der Waals surface area contributed by atoms with E-state index in [2.05, 4.69) is 29.3 Å². The number of nitrogens with one attached hydrogen (secondary N) is 1. The molecule has 3 rings (SSSR count). The molecule has 3 heterocycles. The van der Waals surface area contributed by atoms with Gasteiger partial charge in [0.15, 0.2) is 5.82 Å². The van der Waals surface area contributed by atoms with Crippen LogP contribution in [0.1, 0.15) is 43.2 Å². The first-order valence-corrected chi connectivity index (χ1v) is 9.53. The Hall–Kier alpha value is -0.240. The van der Waals surface area contributed by atoms with Crippen molar-refractivity contribution in [3.8, 4) is 0 Å². The maximum absolute atomic E-state index is 5.58. The van der Waals surface area contributed by atoms with Crippen LogP contribution in [0.25, 0.3) is 0 Å². The van der Waals surface area contributed by atoms with Crippen LogP contribution in [0.2, 0.25) is 0 Å². The number of ether oxygens (including phenoxy) is 1. The van der Waals surface area contributed by atoms with Crippen molar-refractivity contribution in [3.05, 3.63) is 11.7 Å². The maximum atomic E-state index is 5.58. The molecule has 2 saturated heterocycles. The van der Waals surface area contributed by atoms with Crippen molar-refractivity contribution in [2.45, 2.75) is 48.0 Å². The van der Waals surface area contributed by atoms with E-state index in [1.54, 1.807) is 0 Å². The lowest BCUT2D eigenvalue weighted by Crippen LogP contribution is -2.39. The SMILES string of the molecule is CNC1CCOCC1c1nc(C2CSC(C)C(C)S2)no1. The van der Waals surface area contributed by atoms with Gasteiger partial charge in [0.05, 0.1) is 17.8 Å². The molecule has 0 amide bonds. The lowest BCUT2D eigenvalue weighted by Gasteiger charge is -2.29. The van der Waals surface area contributed by atoms with Crippen molar-refractivity contribution < 1.29 is 9.26 Å². The molecule has 0 aliphatic carbocycles. The Labute approximate surface area is 134 Å². The highest BCUT2D eigenvalue weighted by atomic mass is 32.2. The molecule has 2 aliphatic rings. The highest BCUT2D eigenvalue weighted by molar-refractivity contribution is 8.07. The fourth-order valence-electron chi connectivity index (χ4n) is 2.77. The molecule has 2 aliphatic heterocycles. The van der Waals surface area contributed by atoms with E-state index in [0.717, 1.165) is 30.5 Å². The first-order valence-electron chi connectivity index (χ1n) is 7.54. The zero-order chi connectivity index (χ0) is 14.8. The van der Waals surface area contributed by atoms with Gasteiger partial charge in [-0.1, -0.05) is 19.0 Å². The molecule has 1 N–H and O–H groups in total. The number of aromatic nitrogens is 2. The summed E-state index contributed by atoms with van der Waals surface area (Å²) in [4.78, 5) is 4.68. The first kappa shape index (κ1) is 15.6. The third-order valence-electron chi connectivity index (χ3n) is 4.34. The minimum Gasteiger partial charge on any atom is -0.381 e. The first-order chi connectivity index (χ1) is 10.2. The summed E-state index contributed by atoms with van der Waals surface area (Å²) in [7, 11) is 1.98. The van der Waals surface area contributed by atoms with Gasteiger partial charge in [0, 0.05) is 28.9 Å². The number of rotatable bonds is 3. The van der Waals surface area contributed by atoms with Crippen LogP contribution in [0.3, 0.4) is 0 Å². The van der Waals surface area contributed by atoms with Crippen LogP contribution in [0.4, 0.5) is 0 Å². The van der Waals surface area contributed by atoms with Gasteiger partial charge in [0.25, 0.3) is 0 Å². The molecule has 0 spiro atoms. The normalized spacial score (nSPS) is 37.6. The molecule has 1 aromatic rings. The highest BCUT2D eigenvalue weighted by Crippen LogP contribution is 2.43. The van der Waals surface area contributed by atoms with Gasteiger partial charge >= 0.3 is 0 Å². The molecule has 0 saturated carbocycles. The standard InChI is InChI=1S/C14H23N3O2S2/c1-8-9(2)21-12(7-20-8)13-16-14(19-17-13)10-6-18-5-4-11(10)15-3/h8-12,15H,4-7H2,1-3H3. The van der Waals surface area contributed by atoms with Gasteiger partial charge in [-0.3, -0.25) is 0 Å². The van der Waals surface area contributed by atoms with Crippen molar-refractivity contribution >= 4 is 23.5 Å². The van der Waals surface area contributed by atoms with E-state index in [9.17, 15) is 0 Å². The lowest BCUT2D eigenvalue weighted by atomic mass is 9.96. The molecule has 0 aromatic carbocycles. The molecule has 5 atom stereocenters. The highest BCUT2D eigenvalue weighted by Gasteiger charge is 2.34. The second kappa shape index (κ2) is 6.89. The van der Waals surface area contributed by atoms with Crippen LogP contribution in [0, 0.1) is 0 Å². The number of likely N-dealkylation sites (N-methyl/N-ethyl adjacent to an activating group) is 1. The van der Waals surface area contributed by atoms with E-state index in [1.807, 2.05) is 30.6 Å². The van der Waals surface area contributed by atoms with Crippen molar-refractivity contribution in [1.29, 1.82) is 0 Å². The molecule has 5 unspecified atom stereocenters. The molecule has 21 heavy (non-hydrogen) atoms. The van der Waals surface area contributed by atoms with E-state index in [4.69, 9.17) is 9.26 Å². The summed E-state index contributed by atoms with van der Waals surface area (Å²) in [5.41, 5.74) is 0. The zero-order valence-electron chi connectivity index (χ0n) is 12.7. The van der Waals surface area contributed by atoms with Gasteiger partial charge in [0.1, 0.15) is 0 Å². The number of hydrogen-bond donors (Lipinski definition) is 1. The van der Waals surface area contributed by atoms with Crippen molar-refractivity contribution in [3.63, 3.8) is 0 Å².